The number of carbonyl (C=O) groups is 4. The molecule has 6 rings (SSSR count). The summed E-state index contributed by atoms with van der Waals surface area (Å²) in [6.45, 7) is 4.12. The van der Waals surface area contributed by atoms with Crippen LogP contribution in [-0.2, 0) is 14.3 Å². The molecule has 2 fully saturated rings. The summed E-state index contributed by atoms with van der Waals surface area (Å²) in [6.07, 6.45) is -0.903. The highest BCUT2D eigenvalue weighted by Crippen LogP contribution is 2.57. The minimum atomic E-state index is -2.05. The maximum absolute atomic E-state index is 13.9. The first-order valence-corrected chi connectivity index (χ1v) is 11.8. The van der Waals surface area contributed by atoms with E-state index in [0.29, 0.717) is 17.2 Å². The van der Waals surface area contributed by atoms with Crippen LogP contribution in [0.15, 0.2) is 78.9 Å². The van der Waals surface area contributed by atoms with Crippen LogP contribution in [0.1, 0.15) is 57.7 Å². The number of hydrogen-bond donors (Lipinski definition) is 0. The third-order valence-corrected chi connectivity index (χ3v) is 7.47. The second-order valence-corrected chi connectivity index (χ2v) is 9.65. The van der Waals surface area contributed by atoms with Gasteiger partial charge in [0, 0.05) is 11.1 Å². The summed E-state index contributed by atoms with van der Waals surface area (Å²) in [7, 11) is 0. The second kappa shape index (κ2) is 7.55. The topological polar surface area (TPSA) is 80.8 Å². The van der Waals surface area contributed by atoms with Crippen molar-refractivity contribution >= 4 is 29.1 Å². The molecule has 3 atom stereocenters. The predicted molar refractivity (Wildman–Crippen MR) is 128 cm³/mol. The van der Waals surface area contributed by atoms with E-state index in [-0.39, 0.29) is 11.1 Å². The van der Waals surface area contributed by atoms with Gasteiger partial charge < -0.3 is 4.74 Å². The van der Waals surface area contributed by atoms with Crippen LogP contribution in [0.5, 0.6) is 0 Å². The first-order valence-electron chi connectivity index (χ1n) is 11.8. The molecule has 0 unspecified atom stereocenters. The monoisotopic (exact) mass is 465 g/mol. The Labute approximate surface area is 202 Å². The fourth-order valence-corrected chi connectivity index (χ4v) is 5.72. The van der Waals surface area contributed by atoms with Gasteiger partial charge in [-0.2, -0.15) is 0 Å². The zero-order chi connectivity index (χ0) is 24.5. The summed E-state index contributed by atoms with van der Waals surface area (Å²) in [6, 6.07) is 22.8. The van der Waals surface area contributed by atoms with Crippen molar-refractivity contribution < 1.29 is 23.9 Å². The standard InChI is InChI=1S/C29H23NO5/c1-16(2)17-12-14-19(15-13-17)30-27(33)22-23(28(30)34)29(35-24(22)18-8-4-3-5-9-18)25(31)20-10-6-7-11-21(20)26(29)32/h3-16,22-24H,1-2H3/t22-,23+,24+/m1/s1. The molecule has 2 heterocycles. The minimum absolute atomic E-state index is 0.227. The summed E-state index contributed by atoms with van der Waals surface area (Å²) >= 11 is 0. The Balaban J connectivity index is 1.51. The molecule has 0 aromatic heterocycles. The normalized spacial score (nSPS) is 24.5. The van der Waals surface area contributed by atoms with E-state index in [2.05, 4.69) is 13.8 Å². The van der Waals surface area contributed by atoms with Gasteiger partial charge in [-0.1, -0.05) is 80.6 Å². The van der Waals surface area contributed by atoms with Crippen molar-refractivity contribution in [3.63, 3.8) is 0 Å². The molecule has 0 bridgehead atoms. The highest BCUT2D eigenvalue weighted by molar-refractivity contribution is 6.37. The fourth-order valence-electron chi connectivity index (χ4n) is 5.72. The first-order chi connectivity index (χ1) is 16.9. The SMILES string of the molecule is CC(C)c1ccc(N2C(=O)[C@@H]3[C@@H](C2=O)C2(O[C@H]3c3ccccc3)C(=O)c3ccccc3C2=O)cc1. The van der Waals surface area contributed by atoms with Crippen LogP contribution >= 0.6 is 0 Å². The lowest BCUT2D eigenvalue weighted by atomic mass is 9.77. The third-order valence-electron chi connectivity index (χ3n) is 7.47. The maximum Gasteiger partial charge on any atom is 0.241 e. The van der Waals surface area contributed by atoms with E-state index < -0.39 is 46.9 Å². The minimum Gasteiger partial charge on any atom is -0.349 e. The summed E-state index contributed by atoms with van der Waals surface area (Å²) in [5.41, 5.74) is 0.556. The van der Waals surface area contributed by atoms with Gasteiger partial charge in [0.05, 0.1) is 23.6 Å². The first kappa shape index (κ1) is 21.6. The number of fused-ring (bicyclic) bond motifs is 3. The van der Waals surface area contributed by atoms with E-state index in [4.69, 9.17) is 4.74 Å². The van der Waals surface area contributed by atoms with Gasteiger partial charge in [-0.15, -0.1) is 0 Å². The van der Waals surface area contributed by atoms with Crippen molar-refractivity contribution in [1.82, 2.24) is 0 Å². The lowest BCUT2D eigenvalue weighted by molar-refractivity contribution is -0.127. The summed E-state index contributed by atoms with van der Waals surface area (Å²) in [5.74, 6) is -4.08. The number of nitrogens with zero attached hydrogens (tertiary/aromatic N) is 1. The van der Waals surface area contributed by atoms with Crippen molar-refractivity contribution in [2.45, 2.75) is 31.5 Å². The van der Waals surface area contributed by atoms with Gasteiger partial charge in [0.15, 0.2) is 0 Å². The molecular weight excluding hydrogens is 442 g/mol. The zero-order valence-corrected chi connectivity index (χ0v) is 19.3. The predicted octanol–water partition coefficient (Wildman–Crippen LogP) is 4.51. The zero-order valence-electron chi connectivity index (χ0n) is 19.3. The van der Waals surface area contributed by atoms with Crippen molar-refractivity contribution in [2.75, 3.05) is 4.90 Å². The Morgan fingerprint density at radius 3 is 1.89 bits per heavy atom. The van der Waals surface area contributed by atoms with Crippen LogP contribution in [0, 0.1) is 11.8 Å². The molecule has 3 aromatic rings. The number of rotatable bonds is 3. The van der Waals surface area contributed by atoms with Gasteiger partial charge in [-0.25, -0.2) is 4.90 Å². The van der Waals surface area contributed by atoms with Gasteiger partial charge >= 0.3 is 0 Å². The quantitative estimate of drug-likeness (QED) is 0.420. The van der Waals surface area contributed by atoms with Crippen LogP contribution < -0.4 is 4.90 Å². The van der Waals surface area contributed by atoms with Gasteiger partial charge in [-0.3, -0.25) is 19.2 Å². The summed E-state index contributed by atoms with van der Waals surface area (Å²) in [5, 5.41) is 0. The van der Waals surface area contributed by atoms with Crippen molar-refractivity contribution in [3.05, 3.63) is 101 Å². The highest BCUT2D eigenvalue weighted by Gasteiger charge is 2.74. The molecule has 174 valence electrons. The fraction of sp³-hybridized carbons (Fsp3) is 0.241. The highest BCUT2D eigenvalue weighted by atomic mass is 16.5. The second-order valence-electron chi connectivity index (χ2n) is 9.65. The molecule has 6 nitrogen and oxygen atoms in total. The van der Waals surface area contributed by atoms with Crippen LogP contribution in [0.2, 0.25) is 0 Å². The van der Waals surface area contributed by atoms with Crippen molar-refractivity contribution in [3.8, 4) is 0 Å². The van der Waals surface area contributed by atoms with Gasteiger partial charge in [0.1, 0.15) is 0 Å². The molecule has 0 N–H and O–H groups in total. The Morgan fingerprint density at radius 2 is 1.31 bits per heavy atom. The average molecular weight is 466 g/mol. The van der Waals surface area contributed by atoms with E-state index in [9.17, 15) is 19.2 Å². The van der Waals surface area contributed by atoms with Crippen molar-refractivity contribution in [2.24, 2.45) is 11.8 Å². The number of imide groups is 1. The number of anilines is 1. The van der Waals surface area contributed by atoms with Crippen LogP contribution in [0.3, 0.4) is 0 Å². The summed E-state index contributed by atoms with van der Waals surface area (Å²) < 4.78 is 6.28. The molecule has 0 radical (unpaired) electrons. The maximum atomic E-state index is 13.9. The Kier molecular flexibility index (Phi) is 4.66. The van der Waals surface area contributed by atoms with Gasteiger partial charge in [0.2, 0.25) is 29.0 Å². The van der Waals surface area contributed by atoms with Crippen LogP contribution in [0.25, 0.3) is 0 Å². The molecule has 1 aliphatic carbocycles. The molecule has 6 heteroatoms. The average Bonchev–Trinajstić information content (AvgIpc) is 3.44. The largest absolute Gasteiger partial charge is 0.349 e. The number of carbonyl (C=O) groups excluding carboxylic acids is 4. The van der Waals surface area contributed by atoms with E-state index in [1.165, 1.54) is 0 Å². The van der Waals surface area contributed by atoms with Crippen LogP contribution in [0.4, 0.5) is 5.69 Å². The Morgan fingerprint density at radius 1 is 0.743 bits per heavy atom. The smallest absolute Gasteiger partial charge is 0.241 e. The lowest BCUT2D eigenvalue weighted by Gasteiger charge is -2.27. The molecule has 2 aliphatic heterocycles. The van der Waals surface area contributed by atoms with E-state index in [1.54, 1.807) is 60.7 Å². The lowest BCUT2D eigenvalue weighted by Crippen LogP contribution is -2.51. The molecule has 3 aromatic carbocycles. The number of benzene rings is 3. The molecule has 1 spiro atoms. The van der Waals surface area contributed by atoms with Crippen LogP contribution in [-0.4, -0.2) is 29.0 Å². The molecular formula is C29H23NO5. The number of Topliss-reactive ketones (excluding diaryl/α,β-unsaturated/α-hetero) is 2. The van der Waals surface area contributed by atoms with Gasteiger partial charge in [0.25, 0.3) is 0 Å². The summed E-state index contributed by atoms with van der Waals surface area (Å²) in [4.78, 5) is 56.4. The molecule has 2 saturated heterocycles. The van der Waals surface area contributed by atoms with E-state index in [1.807, 2.05) is 18.2 Å². The molecule has 0 saturated carbocycles. The molecule has 2 amide bonds. The Bertz CT molecular complexity index is 1360. The third kappa shape index (κ3) is 2.80. The molecule has 3 aliphatic rings. The number of amides is 2. The van der Waals surface area contributed by atoms with E-state index >= 15 is 0 Å². The number of ether oxygens (including phenoxy) is 1. The van der Waals surface area contributed by atoms with Crippen molar-refractivity contribution in [1.29, 1.82) is 0 Å². The van der Waals surface area contributed by atoms with E-state index in [0.717, 1.165) is 10.5 Å². The van der Waals surface area contributed by atoms with Gasteiger partial charge in [-0.05, 0) is 29.2 Å². The number of ketones is 2. The number of hydrogen-bond acceptors (Lipinski definition) is 5. The molecule has 35 heavy (non-hydrogen) atoms. The Hall–Kier alpha value is -3.90.